The Hall–Kier alpha value is -2.09. The Morgan fingerprint density at radius 1 is 1.24 bits per heavy atom. The molecule has 0 radical (unpaired) electrons. The first kappa shape index (κ1) is 17.0. The molecular weight excluding hydrogens is 344 g/mol. The van der Waals surface area contributed by atoms with Crippen LogP contribution in [0.4, 0.5) is 4.79 Å². The van der Waals surface area contributed by atoms with Crippen LogP contribution >= 0.6 is 15.9 Å². The maximum atomic E-state index is 11.4. The van der Waals surface area contributed by atoms with Crippen LogP contribution in [0.1, 0.15) is 5.56 Å². The van der Waals surface area contributed by atoms with E-state index >= 15 is 0 Å². The van der Waals surface area contributed by atoms with Gasteiger partial charge in [-0.15, -0.1) is 0 Å². The molecule has 0 unspecified atom stereocenters. The van der Waals surface area contributed by atoms with Crippen molar-refractivity contribution in [2.45, 2.75) is 6.92 Å². The molecular formula is C13H15BrN2O5. The lowest BCUT2D eigenvalue weighted by Crippen LogP contribution is -2.40. The van der Waals surface area contributed by atoms with Crippen molar-refractivity contribution < 1.29 is 23.9 Å². The van der Waals surface area contributed by atoms with Gasteiger partial charge in [-0.3, -0.25) is 10.1 Å². The molecule has 0 aliphatic carbocycles. The van der Waals surface area contributed by atoms with Gasteiger partial charge in [0, 0.05) is 7.05 Å². The van der Waals surface area contributed by atoms with Gasteiger partial charge in [0.05, 0.1) is 4.47 Å². The van der Waals surface area contributed by atoms with Crippen LogP contribution in [-0.2, 0) is 14.3 Å². The molecule has 0 atom stereocenters. The first-order chi connectivity index (χ1) is 9.92. The number of urea groups is 1. The van der Waals surface area contributed by atoms with Crippen LogP contribution in [0.25, 0.3) is 0 Å². The summed E-state index contributed by atoms with van der Waals surface area (Å²) >= 11 is 3.31. The van der Waals surface area contributed by atoms with Gasteiger partial charge in [0.1, 0.15) is 5.75 Å². The predicted octanol–water partition coefficient (Wildman–Crippen LogP) is 1.14. The summed E-state index contributed by atoms with van der Waals surface area (Å²) in [7, 11) is 1.36. The molecule has 114 valence electrons. The summed E-state index contributed by atoms with van der Waals surface area (Å²) in [4.78, 5) is 33.4. The Balaban J connectivity index is 2.34. The molecule has 0 fully saturated rings. The Labute approximate surface area is 130 Å². The van der Waals surface area contributed by atoms with Crippen LogP contribution < -0.4 is 15.4 Å². The van der Waals surface area contributed by atoms with Crippen molar-refractivity contribution in [2.24, 2.45) is 0 Å². The molecule has 0 aliphatic heterocycles. The number of nitrogens with one attached hydrogen (secondary N) is 2. The molecule has 1 rings (SSSR count). The van der Waals surface area contributed by atoms with Crippen molar-refractivity contribution in [2.75, 3.05) is 20.3 Å². The molecule has 0 heterocycles. The zero-order valence-electron chi connectivity index (χ0n) is 11.6. The van der Waals surface area contributed by atoms with Gasteiger partial charge < -0.3 is 14.8 Å². The summed E-state index contributed by atoms with van der Waals surface area (Å²) in [6.45, 7) is 1.04. The molecule has 0 bridgehead atoms. The average Bonchev–Trinajstić information content (AvgIpc) is 2.44. The molecule has 7 nitrogen and oxygen atoms in total. The summed E-state index contributed by atoms with van der Waals surface area (Å²) in [6, 6.07) is 4.72. The highest BCUT2D eigenvalue weighted by Crippen LogP contribution is 2.25. The number of amides is 3. The highest BCUT2D eigenvalue weighted by molar-refractivity contribution is 9.10. The first-order valence-electron chi connectivity index (χ1n) is 5.98. The monoisotopic (exact) mass is 358 g/mol. The van der Waals surface area contributed by atoms with E-state index in [1.807, 2.05) is 24.4 Å². The summed E-state index contributed by atoms with van der Waals surface area (Å²) in [6.07, 6.45) is 0. The lowest BCUT2D eigenvalue weighted by atomic mass is 10.2. The number of hydrogen-bond acceptors (Lipinski definition) is 5. The summed E-state index contributed by atoms with van der Waals surface area (Å²) in [5.74, 6) is -0.943. The summed E-state index contributed by atoms with van der Waals surface area (Å²) in [5, 5.41) is 4.16. The van der Waals surface area contributed by atoms with Gasteiger partial charge in [-0.05, 0) is 40.5 Å². The number of halogens is 1. The molecule has 0 aromatic heterocycles. The smallest absolute Gasteiger partial charge is 0.344 e. The van der Waals surface area contributed by atoms with Crippen LogP contribution in [0.5, 0.6) is 5.75 Å². The van der Waals surface area contributed by atoms with Gasteiger partial charge in [-0.25, -0.2) is 9.59 Å². The molecule has 8 heteroatoms. The van der Waals surface area contributed by atoms with Crippen LogP contribution in [0.3, 0.4) is 0 Å². The molecule has 2 N–H and O–H groups in total. The third-order valence-corrected chi connectivity index (χ3v) is 2.90. The van der Waals surface area contributed by atoms with E-state index in [1.54, 1.807) is 6.07 Å². The third-order valence-electron chi connectivity index (χ3n) is 2.28. The Bertz CT molecular complexity index is 547. The van der Waals surface area contributed by atoms with E-state index in [0.29, 0.717) is 10.2 Å². The number of rotatable bonds is 5. The maximum Gasteiger partial charge on any atom is 0.344 e. The van der Waals surface area contributed by atoms with Gasteiger partial charge >= 0.3 is 12.0 Å². The van der Waals surface area contributed by atoms with E-state index in [-0.39, 0.29) is 6.61 Å². The minimum absolute atomic E-state index is 0.338. The fraction of sp³-hybridized carbons (Fsp3) is 0.308. The molecule has 0 saturated carbocycles. The van der Waals surface area contributed by atoms with E-state index in [0.717, 1.165) is 5.56 Å². The van der Waals surface area contributed by atoms with Gasteiger partial charge in [-0.2, -0.15) is 0 Å². The lowest BCUT2D eigenvalue weighted by molar-refractivity contribution is -0.150. The van der Waals surface area contributed by atoms with Crippen molar-refractivity contribution >= 4 is 33.8 Å². The van der Waals surface area contributed by atoms with Gasteiger partial charge in [0.25, 0.3) is 5.91 Å². The second-order valence-corrected chi connectivity index (χ2v) is 4.86. The number of carbonyl (C=O) groups is 3. The maximum absolute atomic E-state index is 11.4. The number of imide groups is 1. The molecule has 0 aliphatic rings. The second-order valence-electron chi connectivity index (χ2n) is 4.01. The number of esters is 1. The zero-order chi connectivity index (χ0) is 15.8. The topological polar surface area (TPSA) is 93.7 Å². The second kappa shape index (κ2) is 8.25. The number of ether oxygens (including phenoxy) is 2. The van der Waals surface area contributed by atoms with E-state index in [2.05, 4.69) is 26.0 Å². The van der Waals surface area contributed by atoms with E-state index in [4.69, 9.17) is 4.74 Å². The van der Waals surface area contributed by atoms with Gasteiger partial charge in [0.2, 0.25) is 0 Å². The van der Waals surface area contributed by atoms with Crippen molar-refractivity contribution in [1.82, 2.24) is 10.6 Å². The average molecular weight is 359 g/mol. The van der Waals surface area contributed by atoms with Crippen molar-refractivity contribution in [3.63, 3.8) is 0 Å². The molecule has 3 amide bonds. The third kappa shape index (κ3) is 6.26. The van der Waals surface area contributed by atoms with E-state index in [9.17, 15) is 14.4 Å². The highest BCUT2D eigenvalue weighted by atomic mass is 79.9. The minimum atomic E-state index is -0.723. The predicted molar refractivity (Wildman–Crippen MR) is 77.9 cm³/mol. The minimum Gasteiger partial charge on any atom is -0.481 e. The summed E-state index contributed by atoms with van der Waals surface area (Å²) in [5.41, 5.74) is 1.04. The normalized spacial score (nSPS) is 9.67. The zero-order valence-corrected chi connectivity index (χ0v) is 13.2. The van der Waals surface area contributed by atoms with E-state index < -0.39 is 24.5 Å². The molecule has 1 aromatic rings. The Kier molecular flexibility index (Phi) is 6.67. The molecule has 21 heavy (non-hydrogen) atoms. The summed E-state index contributed by atoms with van der Waals surface area (Å²) < 4.78 is 10.6. The van der Waals surface area contributed by atoms with Crippen LogP contribution in [0.15, 0.2) is 22.7 Å². The van der Waals surface area contributed by atoms with Crippen LogP contribution in [0, 0.1) is 6.92 Å². The molecule has 0 spiro atoms. The van der Waals surface area contributed by atoms with E-state index in [1.165, 1.54) is 7.05 Å². The van der Waals surface area contributed by atoms with Gasteiger partial charge in [-0.1, -0.05) is 6.07 Å². The van der Waals surface area contributed by atoms with Crippen molar-refractivity contribution in [3.8, 4) is 5.75 Å². The van der Waals surface area contributed by atoms with Crippen LogP contribution in [-0.4, -0.2) is 38.2 Å². The van der Waals surface area contributed by atoms with Crippen molar-refractivity contribution in [1.29, 1.82) is 0 Å². The fourth-order valence-corrected chi connectivity index (χ4v) is 1.88. The van der Waals surface area contributed by atoms with Gasteiger partial charge in [0.15, 0.2) is 13.2 Å². The molecule has 1 aromatic carbocycles. The number of hydrogen-bond donors (Lipinski definition) is 2. The van der Waals surface area contributed by atoms with Crippen LogP contribution in [0.2, 0.25) is 0 Å². The lowest BCUT2D eigenvalue weighted by Gasteiger charge is -2.09. The quantitative estimate of drug-likeness (QED) is 0.769. The standard InChI is InChI=1S/C13H15BrN2O5/c1-8-3-4-10(9(14)5-8)20-7-12(18)21-6-11(17)16-13(19)15-2/h3-5H,6-7H2,1-2H3,(H2,15,16,17,19). The fourth-order valence-electron chi connectivity index (χ4n) is 1.27. The largest absolute Gasteiger partial charge is 0.481 e. The van der Waals surface area contributed by atoms with Crippen molar-refractivity contribution in [3.05, 3.63) is 28.2 Å². The highest BCUT2D eigenvalue weighted by Gasteiger charge is 2.11. The Morgan fingerprint density at radius 3 is 2.57 bits per heavy atom. The number of benzene rings is 1. The number of aryl methyl sites for hydroxylation is 1. The SMILES string of the molecule is CNC(=O)NC(=O)COC(=O)COc1ccc(C)cc1Br. The molecule has 0 saturated heterocycles. The number of carbonyl (C=O) groups excluding carboxylic acids is 3. The first-order valence-corrected chi connectivity index (χ1v) is 6.78. The Morgan fingerprint density at radius 2 is 1.95 bits per heavy atom.